The molecule has 180 valence electrons. The molecule has 2 heteroatoms. The molecular formula is C30H48O2. The van der Waals surface area contributed by atoms with Crippen LogP contribution in [-0.4, -0.2) is 12.1 Å². The van der Waals surface area contributed by atoms with Gasteiger partial charge in [0, 0.05) is 13.3 Å². The van der Waals surface area contributed by atoms with Crippen LogP contribution in [0.4, 0.5) is 0 Å². The highest BCUT2D eigenvalue weighted by atomic mass is 16.5. The van der Waals surface area contributed by atoms with Gasteiger partial charge in [-0.3, -0.25) is 4.79 Å². The van der Waals surface area contributed by atoms with E-state index in [1.165, 1.54) is 56.9 Å². The number of hydrogen-bond acceptors (Lipinski definition) is 2. The topological polar surface area (TPSA) is 26.3 Å². The Kier molecular flexibility index (Phi) is 6.74. The van der Waals surface area contributed by atoms with Gasteiger partial charge >= 0.3 is 5.97 Å². The number of carbonyl (C=O) groups is 1. The van der Waals surface area contributed by atoms with Crippen LogP contribution in [-0.2, 0) is 9.53 Å². The fraction of sp³-hybridized carbons (Fsp3) is 0.833. The lowest BCUT2D eigenvalue weighted by molar-refractivity contribution is -0.148. The molecule has 0 bridgehead atoms. The molecule has 4 aliphatic rings. The Hall–Kier alpha value is -1.05. The zero-order chi connectivity index (χ0) is 23.3. The van der Waals surface area contributed by atoms with Gasteiger partial charge in [-0.05, 0) is 104 Å². The van der Waals surface area contributed by atoms with Crippen LogP contribution in [0.25, 0.3) is 0 Å². The second kappa shape index (κ2) is 8.95. The van der Waals surface area contributed by atoms with Crippen LogP contribution < -0.4 is 0 Å². The van der Waals surface area contributed by atoms with Crippen LogP contribution in [0.15, 0.2) is 23.8 Å². The van der Waals surface area contributed by atoms with Gasteiger partial charge in [-0.25, -0.2) is 0 Å². The molecule has 0 amide bonds. The van der Waals surface area contributed by atoms with E-state index in [1.54, 1.807) is 12.5 Å². The Morgan fingerprint density at radius 2 is 1.88 bits per heavy atom. The number of carbonyl (C=O) groups excluding carboxylic acids is 1. The summed E-state index contributed by atoms with van der Waals surface area (Å²) in [4.78, 5) is 11.5. The van der Waals surface area contributed by atoms with Crippen molar-refractivity contribution >= 4 is 5.97 Å². The molecule has 0 radical (unpaired) electrons. The first-order valence-corrected chi connectivity index (χ1v) is 13.6. The molecule has 2 nitrogen and oxygen atoms in total. The van der Waals surface area contributed by atoms with E-state index < -0.39 is 0 Å². The minimum atomic E-state index is -0.121. The lowest BCUT2D eigenvalue weighted by Gasteiger charge is -2.58. The van der Waals surface area contributed by atoms with Crippen molar-refractivity contribution in [3.8, 4) is 0 Å². The maximum atomic E-state index is 11.5. The molecule has 0 N–H and O–H groups in total. The Morgan fingerprint density at radius 1 is 1.12 bits per heavy atom. The summed E-state index contributed by atoms with van der Waals surface area (Å²) in [5.74, 6) is 4.76. The molecule has 0 saturated heterocycles. The minimum Gasteiger partial charge on any atom is -0.462 e. The van der Waals surface area contributed by atoms with E-state index in [9.17, 15) is 4.79 Å². The first kappa shape index (κ1) is 24.1. The van der Waals surface area contributed by atoms with Crippen molar-refractivity contribution in [3.05, 3.63) is 23.8 Å². The second-order valence-electron chi connectivity index (χ2n) is 12.8. The molecule has 1 unspecified atom stereocenters. The van der Waals surface area contributed by atoms with Gasteiger partial charge in [-0.15, -0.1) is 0 Å². The summed E-state index contributed by atoms with van der Waals surface area (Å²) in [5, 5.41) is 0. The van der Waals surface area contributed by atoms with Crippen molar-refractivity contribution in [3.63, 3.8) is 0 Å². The number of allylic oxidation sites excluding steroid dienone is 2. The summed E-state index contributed by atoms with van der Waals surface area (Å²) in [6, 6.07) is 0. The van der Waals surface area contributed by atoms with Crippen molar-refractivity contribution in [2.24, 2.45) is 46.3 Å². The van der Waals surface area contributed by atoms with Crippen LogP contribution in [0.1, 0.15) is 106 Å². The van der Waals surface area contributed by atoms with E-state index >= 15 is 0 Å². The third-order valence-corrected chi connectivity index (χ3v) is 10.9. The Bertz CT molecular complexity index is 763. The van der Waals surface area contributed by atoms with E-state index in [4.69, 9.17) is 4.74 Å². The van der Waals surface area contributed by atoms with Gasteiger partial charge in [0.2, 0.25) is 0 Å². The van der Waals surface area contributed by atoms with Crippen molar-refractivity contribution in [2.75, 3.05) is 0 Å². The fourth-order valence-corrected chi connectivity index (χ4v) is 8.84. The van der Waals surface area contributed by atoms with Gasteiger partial charge in [0.1, 0.15) is 6.10 Å². The third kappa shape index (κ3) is 4.14. The van der Waals surface area contributed by atoms with Gasteiger partial charge in [0.15, 0.2) is 0 Å². The summed E-state index contributed by atoms with van der Waals surface area (Å²) in [6.07, 6.45) is 15.4. The van der Waals surface area contributed by atoms with Gasteiger partial charge < -0.3 is 4.74 Å². The molecule has 0 aliphatic heterocycles. The van der Waals surface area contributed by atoms with E-state index in [2.05, 4.69) is 47.3 Å². The molecule has 32 heavy (non-hydrogen) atoms. The van der Waals surface area contributed by atoms with Crippen molar-refractivity contribution in [1.82, 2.24) is 0 Å². The van der Waals surface area contributed by atoms with Crippen molar-refractivity contribution in [2.45, 2.75) is 112 Å². The highest BCUT2D eigenvalue weighted by Gasteiger charge is 2.59. The van der Waals surface area contributed by atoms with Crippen LogP contribution in [0.2, 0.25) is 0 Å². The molecule has 0 aromatic carbocycles. The minimum absolute atomic E-state index is 0.106. The lowest BCUT2D eigenvalue weighted by atomic mass is 9.47. The Balaban J connectivity index is 1.47. The summed E-state index contributed by atoms with van der Waals surface area (Å²) < 4.78 is 5.62. The first-order valence-electron chi connectivity index (χ1n) is 13.6. The summed E-state index contributed by atoms with van der Waals surface area (Å²) in [5.41, 5.74) is 3.90. The zero-order valence-corrected chi connectivity index (χ0v) is 21.7. The zero-order valence-electron chi connectivity index (χ0n) is 21.7. The van der Waals surface area contributed by atoms with Crippen LogP contribution in [0, 0.1) is 46.3 Å². The van der Waals surface area contributed by atoms with Crippen molar-refractivity contribution in [1.29, 1.82) is 0 Å². The summed E-state index contributed by atoms with van der Waals surface area (Å²) >= 11 is 0. The van der Waals surface area contributed by atoms with E-state index in [-0.39, 0.29) is 12.1 Å². The van der Waals surface area contributed by atoms with Gasteiger partial charge in [-0.1, -0.05) is 58.4 Å². The average molecular weight is 441 g/mol. The Morgan fingerprint density at radius 3 is 2.56 bits per heavy atom. The second-order valence-corrected chi connectivity index (χ2v) is 12.8. The van der Waals surface area contributed by atoms with Gasteiger partial charge in [-0.2, -0.15) is 0 Å². The van der Waals surface area contributed by atoms with Gasteiger partial charge in [0.05, 0.1) is 0 Å². The lowest BCUT2D eigenvalue weighted by Crippen LogP contribution is -2.51. The van der Waals surface area contributed by atoms with E-state index in [0.717, 1.165) is 42.4 Å². The SMILES string of the molecule is C=C(CC[C@@H](C)[C@H]1CC[C@H]2[C@@H]3CC=C4CC(OC(C)=O)CC[C@]4(C)[C@H]3CC[C@]12C)C(C)C. The molecule has 3 saturated carbocycles. The van der Waals surface area contributed by atoms with Crippen molar-refractivity contribution < 1.29 is 9.53 Å². The highest BCUT2D eigenvalue weighted by Crippen LogP contribution is 2.67. The molecule has 0 aromatic rings. The summed E-state index contributed by atoms with van der Waals surface area (Å²) in [6.45, 7) is 18.2. The Labute approximate surface area is 197 Å². The predicted octanol–water partition coefficient (Wildman–Crippen LogP) is 8.13. The maximum absolute atomic E-state index is 11.5. The highest BCUT2D eigenvalue weighted by molar-refractivity contribution is 5.66. The van der Waals surface area contributed by atoms with Crippen LogP contribution >= 0.6 is 0 Å². The number of hydrogen-bond donors (Lipinski definition) is 0. The summed E-state index contributed by atoms with van der Waals surface area (Å²) in [7, 11) is 0. The number of fused-ring (bicyclic) bond motifs is 5. The molecule has 0 spiro atoms. The molecule has 8 atom stereocenters. The molecule has 0 heterocycles. The van der Waals surface area contributed by atoms with E-state index in [1.807, 2.05) is 0 Å². The van der Waals surface area contributed by atoms with E-state index in [0.29, 0.717) is 16.7 Å². The first-order chi connectivity index (χ1) is 15.1. The smallest absolute Gasteiger partial charge is 0.302 e. The predicted molar refractivity (Wildman–Crippen MR) is 133 cm³/mol. The van der Waals surface area contributed by atoms with Crippen LogP contribution in [0.5, 0.6) is 0 Å². The molecule has 4 rings (SSSR count). The monoisotopic (exact) mass is 440 g/mol. The number of esters is 1. The fourth-order valence-electron chi connectivity index (χ4n) is 8.84. The molecule has 3 fully saturated rings. The maximum Gasteiger partial charge on any atom is 0.302 e. The average Bonchev–Trinajstić information content (AvgIpc) is 3.08. The van der Waals surface area contributed by atoms with Crippen LogP contribution in [0.3, 0.4) is 0 Å². The molecule has 0 aromatic heterocycles. The van der Waals surface area contributed by atoms with Gasteiger partial charge in [0.25, 0.3) is 0 Å². The standard InChI is InChI=1S/C30H48O2/c1-19(2)20(3)8-9-21(4)26-12-13-27-25-11-10-23-18-24(32-22(5)31)14-16-29(23,6)28(25)15-17-30(26,27)7/h10,19,21,24-28H,3,8-9,11-18H2,1-2,4-7H3/t21-,24?,25+,26-,27+,28+,29+,30-/m1/s1. The molecular weight excluding hydrogens is 392 g/mol. The third-order valence-electron chi connectivity index (χ3n) is 10.9. The molecule has 4 aliphatic carbocycles. The normalized spacial score (nSPS) is 41.8. The quantitative estimate of drug-likeness (QED) is 0.308. The number of ether oxygens (including phenoxy) is 1. The largest absolute Gasteiger partial charge is 0.462 e. The number of rotatable bonds is 6.